The lowest BCUT2D eigenvalue weighted by molar-refractivity contribution is -0.156. The molecule has 3 aromatic rings. The summed E-state index contributed by atoms with van der Waals surface area (Å²) in [6.07, 6.45) is 4.03. The molecule has 4 rings (SSSR count). The number of ether oxygens (including phenoxy) is 3. The van der Waals surface area contributed by atoms with Gasteiger partial charge in [-0.15, -0.1) is 0 Å². The lowest BCUT2D eigenvalue weighted by Crippen LogP contribution is -2.29. The number of fused-ring (bicyclic) bond motifs is 3. The van der Waals surface area contributed by atoms with E-state index in [-0.39, 0.29) is 5.97 Å². The van der Waals surface area contributed by atoms with Crippen LogP contribution in [0.1, 0.15) is 62.1 Å². The van der Waals surface area contributed by atoms with Crippen molar-refractivity contribution in [2.24, 2.45) is 0 Å². The Morgan fingerprint density at radius 3 is 2.11 bits per heavy atom. The fourth-order valence-corrected chi connectivity index (χ4v) is 4.82. The third-order valence-corrected chi connectivity index (χ3v) is 6.60. The van der Waals surface area contributed by atoms with Gasteiger partial charge in [0.1, 0.15) is 5.75 Å². The van der Waals surface area contributed by atoms with E-state index in [0.29, 0.717) is 32.2 Å². The van der Waals surface area contributed by atoms with Crippen molar-refractivity contribution in [1.29, 1.82) is 0 Å². The minimum absolute atomic E-state index is 0.290. The molecule has 1 aliphatic rings. The summed E-state index contributed by atoms with van der Waals surface area (Å²) in [5, 5.41) is 0. The van der Waals surface area contributed by atoms with E-state index in [1.807, 2.05) is 31.2 Å². The van der Waals surface area contributed by atoms with Crippen LogP contribution in [0.5, 0.6) is 5.75 Å². The van der Waals surface area contributed by atoms with Crippen LogP contribution >= 0.6 is 0 Å². The molecule has 0 bridgehead atoms. The molecule has 1 aliphatic carbocycles. The summed E-state index contributed by atoms with van der Waals surface area (Å²) in [6, 6.07) is 25.3. The van der Waals surface area contributed by atoms with Gasteiger partial charge in [-0.1, -0.05) is 80.4 Å². The Hall–Kier alpha value is -3.11. The van der Waals surface area contributed by atoms with E-state index in [0.717, 1.165) is 37.0 Å². The van der Waals surface area contributed by atoms with Crippen LogP contribution in [0.2, 0.25) is 0 Å². The first-order valence-corrected chi connectivity index (χ1v) is 12.9. The van der Waals surface area contributed by atoms with Crippen LogP contribution in [-0.2, 0) is 20.7 Å². The number of unbranched alkanes of at least 4 members (excludes halogenated alkanes) is 2. The van der Waals surface area contributed by atoms with Crippen LogP contribution in [0.15, 0.2) is 72.8 Å². The van der Waals surface area contributed by atoms with E-state index >= 15 is 0 Å². The average Bonchev–Trinajstić information content (AvgIpc) is 3.21. The second-order valence-electron chi connectivity index (χ2n) is 9.03. The number of hydrogen-bond acceptors (Lipinski definition) is 4. The lowest BCUT2D eigenvalue weighted by Gasteiger charge is -2.17. The molecule has 35 heavy (non-hydrogen) atoms. The highest BCUT2D eigenvalue weighted by atomic mass is 16.6. The van der Waals surface area contributed by atoms with Gasteiger partial charge >= 0.3 is 5.97 Å². The second kappa shape index (κ2) is 12.6. The molecule has 0 saturated carbocycles. The molecule has 184 valence electrons. The van der Waals surface area contributed by atoms with Gasteiger partial charge < -0.3 is 14.2 Å². The average molecular weight is 473 g/mol. The van der Waals surface area contributed by atoms with Crippen LogP contribution in [0.3, 0.4) is 0 Å². The van der Waals surface area contributed by atoms with Gasteiger partial charge in [-0.25, -0.2) is 4.79 Å². The van der Waals surface area contributed by atoms with Crippen molar-refractivity contribution in [3.8, 4) is 16.9 Å². The molecular weight excluding hydrogens is 436 g/mol. The second-order valence-corrected chi connectivity index (χ2v) is 9.03. The van der Waals surface area contributed by atoms with Gasteiger partial charge in [0.15, 0.2) is 6.10 Å². The van der Waals surface area contributed by atoms with E-state index < -0.39 is 6.10 Å². The highest BCUT2D eigenvalue weighted by Gasteiger charge is 2.27. The van der Waals surface area contributed by atoms with E-state index in [4.69, 9.17) is 14.2 Å². The van der Waals surface area contributed by atoms with E-state index in [2.05, 4.69) is 55.5 Å². The van der Waals surface area contributed by atoms with Gasteiger partial charge in [0, 0.05) is 18.9 Å². The molecule has 4 heteroatoms. The van der Waals surface area contributed by atoms with E-state index in [1.54, 1.807) is 0 Å². The Balaban J connectivity index is 1.32. The van der Waals surface area contributed by atoms with Gasteiger partial charge in [-0.05, 0) is 59.7 Å². The zero-order valence-corrected chi connectivity index (χ0v) is 20.9. The van der Waals surface area contributed by atoms with Crippen molar-refractivity contribution in [2.45, 2.75) is 58.0 Å². The number of carbonyl (C=O) groups is 1. The molecule has 1 atom stereocenters. The zero-order chi connectivity index (χ0) is 24.5. The topological polar surface area (TPSA) is 44.8 Å². The maximum absolute atomic E-state index is 12.3. The first-order chi connectivity index (χ1) is 17.2. The predicted molar refractivity (Wildman–Crippen MR) is 140 cm³/mol. The van der Waals surface area contributed by atoms with Gasteiger partial charge in [0.2, 0.25) is 0 Å². The maximum atomic E-state index is 12.3. The first-order valence-electron chi connectivity index (χ1n) is 12.9. The number of rotatable bonds is 13. The fraction of sp³-hybridized carbons (Fsp3) is 0.387. The van der Waals surface area contributed by atoms with Crippen LogP contribution in [0.4, 0.5) is 0 Å². The smallest absolute Gasteiger partial charge is 0.335 e. The molecule has 0 amide bonds. The van der Waals surface area contributed by atoms with Crippen LogP contribution in [0, 0.1) is 0 Å². The lowest BCUT2D eigenvalue weighted by atomic mass is 9.94. The van der Waals surface area contributed by atoms with Crippen molar-refractivity contribution >= 4 is 5.97 Å². The molecule has 4 nitrogen and oxygen atoms in total. The van der Waals surface area contributed by atoms with Crippen molar-refractivity contribution in [2.75, 3.05) is 19.8 Å². The van der Waals surface area contributed by atoms with Gasteiger partial charge in [-0.3, -0.25) is 0 Å². The quantitative estimate of drug-likeness (QED) is 0.199. The molecule has 0 spiro atoms. The van der Waals surface area contributed by atoms with E-state index in [1.165, 1.54) is 22.3 Å². The van der Waals surface area contributed by atoms with E-state index in [9.17, 15) is 4.79 Å². The standard InChI is InChI=1S/C31H36O4/c1-3-5-10-20-35-30(31(32)33-4-2)22-23-15-17-24(18-16-23)34-21-19-29-27-13-8-6-11-25(27)26-12-7-9-14-28(26)29/h6-9,11-18,29-30H,3-5,10,19-22H2,1-2H3. The van der Waals surface area contributed by atoms with Gasteiger partial charge in [0.25, 0.3) is 0 Å². The summed E-state index contributed by atoms with van der Waals surface area (Å²) >= 11 is 0. The fourth-order valence-electron chi connectivity index (χ4n) is 4.82. The molecular formula is C31H36O4. The number of hydrogen-bond donors (Lipinski definition) is 0. The normalized spacial score (nSPS) is 13.2. The van der Waals surface area contributed by atoms with Gasteiger partial charge in [-0.2, -0.15) is 0 Å². The number of benzene rings is 3. The Morgan fingerprint density at radius 1 is 0.829 bits per heavy atom. The summed E-state index contributed by atoms with van der Waals surface area (Å²) in [5.74, 6) is 0.906. The Morgan fingerprint density at radius 2 is 1.49 bits per heavy atom. The molecule has 0 fully saturated rings. The summed E-state index contributed by atoms with van der Waals surface area (Å²) < 4.78 is 17.2. The molecule has 0 saturated heterocycles. The summed E-state index contributed by atoms with van der Waals surface area (Å²) in [5.41, 5.74) is 6.48. The predicted octanol–water partition coefficient (Wildman–Crippen LogP) is 6.95. The third-order valence-electron chi connectivity index (χ3n) is 6.60. The first kappa shape index (κ1) is 25.0. The van der Waals surface area contributed by atoms with Crippen LogP contribution < -0.4 is 4.74 Å². The number of carbonyl (C=O) groups excluding carboxylic acids is 1. The van der Waals surface area contributed by atoms with Crippen molar-refractivity contribution < 1.29 is 19.0 Å². The molecule has 0 N–H and O–H groups in total. The molecule has 3 aromatic carbocycles. The van der Waals surface area contributed by atoms with Gasteiger partial charge in [0.05, 0.1) is 13.2 Å². The van der Waals surface area contributed by atoms with Crippen LogP contribution in [-0.4, -0.2) is 31.9 Å². The third kappa shape index (κ3) is 6.32. The summed E-state index contributed by atoms with van der Waals surface area (Å²) in [6.45, 7) is 5.54. The highest BCUT2D eigenvalue weighted by Crippen LogP contribution is 2.45. The van der Waals surface area contributed by atoms with Crippen molar-refractivity contribution in [3.05, 3.63) is 89.5 Å². The Labute approximate surface area is 209 Å². The highest BCUT2D eigenvalue weighted by molar-refractivity contribution is 5.78. The Bertz CT molecular complexity index is 1040. The minimum atomic E-state index is -0.568. The number of esters is 1. The van der Waals surface area contributed by atoms with Crippen molar-refractivity contribution in [3.63, 3.8) is 0 Å². The molecule has 0 aliphatic heterocycles. The van der Waals surface area contributed by atoms with Crippen molar-refractivity contribution in [1.82, 2.24) is 0 Å². The molecule has 0 heterocycles. The minimum Gasteiger partial charge on any atom is -0.494 e. The molecule has 0 aromatic heterocycles. The summed E-state index contributed by atoms with van der Waals surface area (Å²) in [4.78, 5) is 12.3. The Kier molecular flexibility index (Phi) is 8.96. The van der Waals surface area contributed by atoms with Crippen LogP contribution in [0.25, 0.3) is 11.1 Å². The largest absolute Gasteiger partial charge is 0.494 e. The molecule has 0 radical (unpaired) electrons. The SMILES string of the molecule is CCCCCOC(Cc1ccc(OCCC2c3ccccc3-c3ccccc32)cc1)C(=O)OCC. The maximum Gasteiger partial charge on any atom is 0.335 e. The zero-order valence-electron chi connectivity index (χ0n) is 20.9. The summed E-state index contributed by atoms with van der Waals surface area (Å²) in [7, 11) is 0. The molecule has 1 unspecified atom stereocenters. The monoisotopic (exact) mass is 472 g/mol.